The molecular formula is C23H27F3N6O2. The first kappa shape index (κ1) is 23.9. The number of halogens is 3. The third-order valence-corrected chi connectivity index (χ3v) is 6.34. The van der Waals surface area contributed by atoms with Crippen molar-refractivity contribution in [3.05, 3.63) is 41.6 Å². The van der Waals surface area contributed by atoms with Crippen LogP contribution in [0.15, 0.2) is 30.3 Å². The van der Waals surface area contributed by atoms with E-state index in [2.05, 4.69) is 25.9 Å². The first-order valence-electron chi connectivity index (χ1n) is 11.3. The van der Waals surface area contributed by atoms with Crippen LogP contribution < -0.4 is 21.7 Å². The predicted molar refractivity (Wildman–Crippen MR) is 120 cm³/mol. The van der Waals surface area contributed by atoms with Crippen molar-refractivity contribution in [3.63, 3.8) is 0 Å². The lowest BCUT2D eigenvalue weighted by molar-refractivity contribution is -0.179. The van der Waals surface area contributed by atoms with Crippen molar-refractivity contribution < 1.29 is 22.8 Å². The fourth-order valence-electron chi connectivity index (χ4n) is 4.30. The summed E-state index contributed by atoms with van der Waals surface area (Å²) < 4.78 is 38.5. The number of rotatable bonds is 7. The highest BCUT2D eigenvalue weighted by molar-refractivity contribution is 5.92. The Morgan fingerprint density at radius 3 is 2.50 bits per heavy atom. The van der Waals surface area contributed by atoms with Crippen LogP contribution in [0.1, 0.15) is 35.3 Å². The Morgan fingerprint density at radius 2 is 1.91 bits per heavy atom. The van der Waals surface area contributed by atoms with Gasteiger partial charge in [-0.25, -0.2) is 9.97 Å². The second kappa shape index (κ2) is 9.96. The van der Waals surface area contributed by atoms with Crippen LogP contribution in [0.2, 0.25) is 0 Å². The number of piperidine rings is 1. The van der Waals surface area contributed by atoms with Gasteiger partial charge in [0.2, 0.25) is 5.91 Å². The van der Waals surface area contributed by atoms with Crippen LogP contribution in [0.25, 0.3) is 11.4 Å². The van der Waals surface area contributed by atoms with Gasteiger partial charge in [-0.15, -0.1) is 0 Å². The molecule has 2 fully saturated rings. The molecule has 0 saturated carbocycles. The number of nitrogens with one attached hydrogen (secondary N) is 3. The predicted octanol–water partition coefficient (Wildman–Crippen LogP) is 2.26. The molecule has 11 heteroatoms. The van der Waals surface area contributed by atoms with Crippen molar-refractivity contribution in [3.8, 4) is 11.4 Å². The number of primary amides is 1. The number of carbonyl (C=O) groups excluding carboxylic acids is 2. The van der Waals surface area contributed by atoms with E-state index >= 15 is 0 Å². The Kier molecular flexibility index (Phi) is 7.01. The minimum absolute atomic E-state index is 0.0116. The van der Waals surface area contributed by atoms with Crippen molar-refractivity contribution in [1.29, 1.82) is 0 Å². The van der Waals surface area contributed by atoms with Gasteiger partial charge in [-0.05, 0) is 31.2 Å². The van der Waals surface area contributed by atoms with E-state index in [0.717, 1.165) is 12.0 Å². The molecule has 1 aromatic carbocycles. The summed E-state index contributed by atoms with van der Waals surface area (Å²) in [5, 5.41) is 8.87. The quantitative estimate of drug-likeness (QED) is 0.486. The van der Waals surface area contributed by atoms with Crippen molar-refractivity contribution in [2.75, 3.05) is 25.0 Å². The number of alkyl halides is 3. The number of benzene rings is 1. The van der Waals surface area contributed by atoms with E-state index < -0.39 is 18.0 Å². The molecule has 4 rings (SSSR count). The van der Waals surface area contributed by atoms with Gasteiger partial charge in [0.25, 0.3) is 5.91 Å². The van der Waals surface area contributed by atoms with Gasteiger partial charge in [-0.3, -0.25) is 9.59 Å². The van der Waals surface area contributed by atoms with Crippen molar-refractivity contribution in [2.45, 2.75) is 37.9 Å². The fourth-order valence-corrected chi connectivity index (χ4v) is 4.30. The molecule has 2 aliphatic heterocycles. The van der Waals surface area contributed by atoms with Gasteiger partial charge < -0.3 is 21.7 Å². The average Bonchev–Trinajstić information content (AvgIpc) is 3.22. The maximum atomic E-state index is 12.8. The van der Waals surface area contributed by atoms with E-state index in [0.29, 0.717) is 43.1 Å². The van der Waals surface area contributed by atoms with Crippen molar-refractivity contribution in [1.82, 2.24) is 20.6 Å². The lowest BCUT2D eigenvalue weighted by Crippen LogP contribution is -2.45. The molecule has 3 heterocycles. The van der Waals surface area contributed by atoms with Crippen molar-refractivity contribution in [2.24, 2.45) is 17.6 Å². The molecule has 0 spiro atoms. The molecule has 1 aromatic heterocycles. The smallest absolute Gasteiger partial charge is 0.369 e. The first-order valence-corrected chi connectivity index (χ1v) is 11.3. The lowest BCUT2D eigenvalue weighted by atomic mass is 9.91. The third-order valence-electron chi connectivity index (χ3n) is 6.34. The Hall–Kier alpha value is -3.21. The molecule has 8 nitrogen and oxygen atoms in total. The second-order valence-electron chi connectivity index (χ2n) is 8.81. The minimum atomic E-state index is -4.16. The maximum absolute atomic E-state index is 12.8. The molecule has 2 saturated heterocycles. The van der Waals surface area contributed by atoms with Crippen LogP contribution in [0, 0.1) is 11.8 Å². The average molecular weight is 477 g/mol. The fraction of sp³-hybridized carbons (Fsp3) is 0.478. The number of amides is 2. The second-order valence-corrected chi connectivity index (χ2v) is 8.81. The molecule has 0 aliphatic carbocycles. The van der Waals surface area contributed by atoms with Crippen LogP contribution in [0.3, 0.4) is 0 Å². The Labute approximate surface area is 194 Å². The van der Waals surface area contributed by atoms with E-state index in [-0.39, 0.29) is 36.5 Å². The van der Waals surface area contributed by atoms with Gasteiger partial charge in [-0.1, -0.05) is 24.3 Å². The molecule has 2 aromatic rings. The number of anilines is 1. The van der Waals surface area contributed by atoms with E-state index in [9.17, 15) is 22.8 Å². The van der Waals surface area contributed by atoms with Crippen molar-refractivity contribution >= 4 is 17.6 Å². The SMILES string of the molecule is NC(=O)c1cc(NCC2CCNC2=O)nc(-c2ccc(CC3CCC(C(F)(F)F)CN3)cc2)n1. The topological polar surface area (TPSA) is 122 Å². The number of hydrogen-bond donors (Lipinski definition) is 4. The molecular weight excluding hydrogens is 449 g/mol. The molecule has 3 unspecified atom stereocenters. The lowest BCUT2D eigenvalue weighted by Gasteiger charge is -2.31. The number of nitrogens with two attached hydrogens (primary N) is 1. The summed E-state index contributed by atoms with van der Waals surface area (Å²) in [4.78, 5) is 32.3. The monoisotopic (exact) mass is 476 g/mol. The van der Waals surface area contributed by atoms with Crippen LogP contribution in [0.4, 0.5) is 19.0 Å². The first-order chi connectivity index (χ1) is 16.2. The highest BCUT2D eigenvalue weighted by Gasteiger charge is 2.41. The van der Waals surface area contributed by atoms with Crippen LogP contribution >= 0.6 is 0 Å². The summed E-state index contributed by atoms with van der Waals surface area (Å²) >= 11 is 0. The molecule has 2 amide bonds. The summed E-state index contributed by atoms with van der Waals surface area (Å²) in [6, 6.07) is 8.82. The zero-order chi connectivity index (χ0) is 24.3. The highest BCUT2D eigenvalue weighted by atomic mass is 19.4. The zero-order valence-corrected chi connectivity index (χ0v) is 18.5. The summed E-state index contributed by atoms with van der Waals surface area (Å²) in [6.07, 6.45) is -2.23. The van der Waals surface area contributed by atoms with Gasteiger partial charge >= 0.3 is 6.18 Å². The van der Waals surface area contributed by atoms with Crippen LogP contribution in [-0.2, 0) is 11.2 Å². The Morgan fingerprint density at radius 1 is 1.15 bits per heavy atom. The number of carbonyl (C=O) groups is 2. The van der Waals surface area contributed by atoms with E-state index in [1.807, 2.05) is 24.3 Å². The van der Waals surface area contributed by atoms with Crippen LogP contribution in [-0.4, -0.2) is 53.6 Å². The summed E-state index contributed by atoms with van der Waals surface area (Å²) in [5.74, 6) is -1.46. The highest BCUT2D eigenvalue weighted by Crippen LogP contribution is 2.32. The maximum Gasteiger partial charge on any atom is 0.393 e. The Balaban J connectivity index is 1.42. The zero-order valence-electron chi connectivity index (χ0n) is 18.5. The normalized spacial score (nSPS) is 22.9. The van der Waals surface area contributed by atoms with Crippen LogP contribution in [0.5, 0.6) is 0 Å². The van der Waals surface area contributed by atoms with Gasteiger partial charge in [0.15, 0.2) is 5.82 Å². The molecule has 2 aliphatic rings. The molecule has 34 heavy (non-hydrogen) atoms. The van der Waals surface area contributed by atoms with Gasteiger partial charge in [0.05, 0.1) is 11.8 Å². The molecule has 182 valence electrons. The number of hydrogen-bond acceptors (Lipinski definition) is 6. The standard InChI is InChI=1S/C23H27F3N6O2/c24-23(25,26)16-5-6-17(29-12-16)9-13-1-3-14(4-2-13)21-31-18(20(27)33)10-19(32-21)30-11-15-7-8-28-22(15)34/h1-4,10,15-17,29H,5-9,11-12H2,(H2,27,33)(H,28,34)(H,30,31,32). The number of nitrogens with zero attached hydrogens (tertiary/aromatic N) is 2. The molecule has 5 N–H and O–H groups in total. The summed E-state index contributed by atoms with van der Waals surface area (Å²) in [7, 11) is 0. The third kappa shape index (κ3) is 5.82. The van der Waals surface area contributed by atoms with E-state index in [1.54, 1.807) is 0 Å². The Bertz CT molecular complexity index is 1040. The largest absolute Gasteiger partial charge is 0.393 e. The number of aromatic nitrogens is 2. The van der Waals surface area contributed by atoms with Gasteiger partial charge in [-0.2, -0.15) is 13.2 Å². The van der Waals surface area contributed by atoms with Gasteiger partial charge in [0, 0.05) is 37.3 Å². The van der Waals surface area contributed by atoms with Gasteiger partial charge in [0.1, 0.15) is 11.5 Å². The molecule has 3 atom stereocenters. The molecule has 0 radical (unpaired) electrons. The minimum Gasteiger partial charge on any atom is -0.369 e. The molecule has 0 bridgehead atoms. The van der Waals surface area contributed by atoms with E-state index in [4.69, 9.17) is 5.73 Å². The van der Waals surface area contributed by atoms with E-state index in [1.165, 1.54) is 6.07 Å². The summed E-state index contributed by atoms with van der Waals surface area (Å²) in [6.45, 7) is 0.958. The summed E-state index contributed by atoms with van der Waals surface area (Å²) in [5.41, 5.74) is 7.13.